The van der Waals surface area contributed by atoms with Crippen LogP contribution in [0.5, 0.6) is 0 Å². The Hall–Kier alpha value is -0.820. The predicted molar refractivity (Wildman–Crippen MR) is 82.6 cm³/mol. The SMILES string of the molecule is [B]c1c(C)ccc2bcc(B3CCOCC3)bc12. The van der Waals surface area contributed by atoms with E-state index in [0.717, 1.165) is 36.9 Å². The number of rotatable bonds is 1. The Kier molecular flexibility index (Phi) is 3.43. The molecule has 0 aliphatic carbocycles. The molecule has 0 saturated carbocycles. The van der Waals surface area contributed by atoms with Crippen LogP contribution >= 0.6 is 0 Å². The molecule has 1 aromatic carbocycles. The molecule has 1 aliphatic heterocycles. The molecule has 1 aliphatic rings. The molecule has 5 heteroatoms. The van der Waals surface area contributed by atoms with Gasteiger partial charge in [0.25, 0.3) is 0 Å². The van der Waals surface area contributed by atoms with E-state index < -0.39 is 0 Å². The summed E-state index contributed by atoms with van der Waals surface area (Å²) in [6.07, 6.45) is 2.24. The molecule has 0 bridgehead atoms. The quantitative estimate of drug-likeness (QED) is 0.641. The summed E-state index contributed by atoms with van der Waals surface area (Å²) in [6.45, 7) is 8.92. The second kappa shape index (κ2) is 5.05. The molecular formula is C13H14B4O. The standard InChI is InChI=1S/C13H14B4O/c1-9-2-3-10-13(12(9)14)16-11(8-15-10)17-4-6-18-7-5-17/h2-3,8H,4-7H2,1H3. The number of ether oxygens (including phenoxy) is 1. The van der Waals surface area contributed by atoms with Crippen LogP contribution in [0.2, 0.25) is 12.6 Å². The maximum absolute atomic E-state index is 6.19. The molecule has 0 N–H and O–H groups in total. The van der Waals surface area contributed by atoms with E-state index in [0.29, 0.717) is 6.71 Å². The van der Waals surface area contributed by atoms with Crippen molar-refractivity contribution in [2.75, 3.05) is 13.2 Å². The first-order chi connectivity index (χ1) is 8.75. The summed E-state index contributed by atoms with van der Waals surface area (Å²) in [5, 5.41) is 3.83. The first kappa shape index (κ1) is 12.2. The third kappa shape index (κ3) is 2.21. The van der Waals surface area contributed by atoms with Gasteiger partial charge in [0.1, 0.15) is 0 Å². The van der Waals surface area contributed by atoms with Gasteiger partial charge < -0.3 is 0 Å². The number of benzene rings is 1. The average molecular weight is 230 g/mol. The Morgan fingerprint density at radius 2 is 2.06 bits per heavy atom. The van der Waals surface area contributed by atoms with Gasteiger partial charge in [0.05, 0.1) is 0 Å². The van der Waals surface area contributed by atoms with Crippen molar-refractivity contribution >= 4 is 49.8 Å². The summed E-state index contributed by atoms with van der Waals surface area (Å²) < 4.78 is 5.43. The summed E-state index contributed by atoms with van der Waals surface area (Å²) in [4.78, 5) is 0. The molecular weight excluding hydrogens is 215 g/mol. The number of aryl methyl sites for hydroxylation is 1. The molecule has 1 aromatic heterocycles. The van der Waals surface area contributed by atoms with E-state index in [9.17, 15) is 0 Å². The van der Waals surface area contributed by atoms with Crippen LogP contribution in [-0.4, -0.2) is 41.6 Å². The van der Waals surface area contributed by atoms with Crippen LogP contribution < -0.4 is 10.8 Å². The molecule has 2 heterocycles. The number of fused-ring (bicyclic) bond motifs is 1. The number of hydrogen-bond acceptors (Lipinski definition) is 1. The Labute approximate surface area is 111 Å². The van der Waals surface area contributed by atoms with Gasteiger partial charge in [0, 0.05) is 0 Å². The summed E-state index contributed by atoms with van der Waals surface area (Å²) in [5.74, 6) is 2.24. The third-order valence-electron chi connectivity index (χ3n) is 4.00. The fourth-order valence-electron chi connectivity index (χ4n) is 2.75. The molecule has 1 nitrogen and oxygen atoms in total. The van der Waals surface area contributed by atoms with E-state index >= 15 is 0 Å². The molecule has 0 atom stereocenters. The fraction of sp³-hybridized carbons (Fsp3) is 0.385. The van der Waals surface area contributed by atoms with E-state index in [2.05, 4.69) is 38.8 Å². The van der Waals surface area contributed by atoms with Crippen molar-refractivity contribution in [3.05, 3.63) is 23.7 Å². The van der Waals surface area contributed by atoms with Crippen LogP contribution in [0.1, 0.15) is 5.56 Å². The number of hydrogen-bond donors (Lipinski definition) is 0. The van der Waals surface area contributed by atoms with E-state index in [4.69, 9.17) is 12.6 Å². The van der Waals surface area contributed by atoms with Crippen molar-refractivity contribution in [3.63, 3.8) is 0 Å². The summed E-state index contributed by atoms with van der Waals surface area (Å²) >= 11 is 0. The van der Waals surface area contributed by atoms with Crippen molar-refractivity contribution in [1.82, 2.24) is 0 Å². The van der Waals surface area contributed by atoms with Crippen molar-refractivity contribution in [1.29, 1.82) is 0 Å². The van der Waals surface area contributed by atoms with Crippen molar-refractivity contribution in [3.8, 4) is 0 Å². The van der Waals surface area contributed by atoms with Gasteiger partial charge >= 0.3 is 111 Å². The zero-order valence-corrected chi connectivity index (χ0v) is 10.8. The molecule has 18 heavy (non-hydrogen) atoms. The van der Waals surface area contributed by atoms with E-state index in [1.165, 1.54) is 15.9 Å². The monoisotopic (exact) mass is 230 g/mol. The van der Waals surface area contributed by atoms with Crippen LogP contribution in [0.25, 0.3) is 10.6 Å². The van der Waals surface area contributed by atoms with Gasteiger partial charge in [-0.25, -0.2) is 0 Å². The topological polar surface area (TPSA) is 9.23 Å². The predicted octanol–water partition coefficient (Wildman–Crippen LogP) is 0.350. The fourth-order valence-corrected chi connectivity index (χ4v) is 2.75. The third-order valence-corrected chi connectivity index (χ3v) is 4.00. The van der Waals surface area contributed by atoms with Gasteiger partial charge in [0.2, 0.25) is 0 Å². The molecule has 1 fully saturated rings. The first-order valence-electron chi connectivity index (χ1n) is 6.62. The average Bonchev–Trinajstić information content (AvgIpc) is 2.44. The van der Waals surface area contributed by atoms with Crippen molar-refractivity contribution < 1.29 is 4.74 Å². The molecule has 84 valence electrons. The Morgan fingerprint density at radius 1 is 1.28 bits per heavy atom. The van der Waals surface area contributed by atoms with Crippen LogP contribution in [0.15, 0.2) is 18.1 Å². The van der Waals surface area contributed by atoms with Gasteiger partial charge in [0.15, 0.2) is 0 Å². The van der Waals surface area contributed by atoms with Crippen molar-refractivity contribution in [2.24, 2.45) is 0 Å². The van der Waals surface area contributed by atoms with E-state index in [1.54, 1.807) is 0 Å². The van der Waals surface area contributed by atoms with Gasteiger partial charge in [-0.3, -0.25) is 0 Å². The van der Waals surface area contributed by atoms with E-state index in [1.807, 2.05) is 0 Å². The van der Waals surface area contributed by atoms with Crippen LogP contribution in [-0.2, 0) is 4.74 Å². The first-order valence-corrected chi connectivity index (χ1v) is 6.62. The van der Waals surface area contributed by atoms with Gasteiger partial charge in [-0.05, 0) is 0 Å². The minimum atomic E-state index is 0.628. The van der Waals surface area contributed by atoms with Gasteiger partial charge in [-0.2, -0.15) is 0 Å². The molecule has 3 rings (SSSR count). The molecule has 0 spiro atoms. The summed E-state index contributed by atoms with van der Waals surface area (Å²) in [6, 6.07) is 4.24. The Balaban J connectivity index is 2.06. The summed E-state index contributed by atoms with van der Waals surface area (Å²) in [7, 11) is 6.19. The maximum atomic E-state index is 6.19. The Morgan fingerprint density at radius 3 is 2.83 bits per heavy atom. The van der Waals surface area contributed by atoms with Crippen LogP contribution in [0.3, 0.4) is 0 Å². The second-order valence-corrected chi connectivity index (χ2v) is 5.16. The zero-order chi connectivity index (χ0) is 12.5. The Bertz CT molecular complexity index is 578. The second-order valence-electron chi connectivity index (χ2n) is 5.16. The van der Waals surface area contributed by atoms with Crippen LogP contribution in [0.4, 0.5) is 0 Å². The molecule has 2 aromatic rings. The van der Waals surface area contributed by atoms with E-state index in [-0.39, 0.29) is 0 Å². The molecule has 1 saturated heterocycles. The zero-order valence-electron chi connectivity index (χ0n) is 10.8. The van der Waals surface area contributed by atoms with Crippen molar-refractivity contribution in [2.45, 2.75) is 19.6 Å². The summed E-state index contributed by atoms with van der Waals surface area (Å²) in [5.41, 5.74) is 2.08. The van der Waals surface area contributed by atoms with Gasteiger partial charge in [-0.1, -0.05) is 0 Å². The molecule has 0 unspecified atom stereocenters. The van der Waals surface area contributed by atoms with Crippen LogP contribution in [0, 0.1) is 6.92 Å². The normalized spacial score (nSPS) is 15.7. The van der Waals surface area contributed by atoms with Gasteiger partial charge in [-0.15, -0.1) is 0 Å². The molecule has 2 radical (unpaired) electrons. The molecule has 0 amide bonds. The minimum absolute atomic E-state index is 0.628.